The van der Waals surface area contributed by atoms with E-state index in [0.717, 1.165) is 29.8 Å². The smallest absolute Gasteiger partial charge is 0.428 e. The standard InChI is InChI=1S/C30H23F7IN3O3/c31-26(32)29(33,34)43-23-10-4-8-21(14-23)28(16-19-6-2-1-3-7-19,25-13-12-20(17-38)18-39-25)41-27(42)40-22-9-5-11-24(15-22)44-30(35,36)37/h1-15,18,26H,16-17H2,(H2,40,41,42)/t28-/m0/s1. The molecule has 1 atom stereocenters. The molecule has 0 spiro atoms. The highest BCUT2D eigenvalue weighted by Crippen LogP contribution is 2.37. The molecule has 0 aliphatic rings. The molecule has 2 amide bonds. The average molecular weight is 733 g/mol. The zero-order valence-corrected chi connectivity index (χ0v) is 24.6. The van der Waals surface area contributed by atoms with Gasteiger partial charge in [-0.2, -0.15) is 17.6 Å². The highest BCUT2D eigenvalue weighted by Gasteiger charge is 2.45. The maximum Gasteiger partial charge on any atom is 0.573 e. The van der Waals surface area contributed by atoms with Gasteiger partial charge < -0.3 is 20.1 Å². The zero-order chi connectivity index (χ0) is 32.0. The number of rotatable bonds is 11. The lowest BCUT2D eigenvalue weighted by molar-refractivity contribution is -0.274. The van der Waals surface area contributed by atoms with Gasteiger partial charge in [0.1, 0.15) is 17.0 Å². The lowest BCUT2D eigenvalue weighted by Crippen LogP contribution is -2.50. The molecule has 3 aromatic carbocycles. The number of alkyl halides is 8. The number of aromatic nitrogens is 1. The van der Waals surface area contributed by atoms with E-state index >= 15 is 0 Å². The zero-order valence-electron chi connectivity index (χ0n) is 22.4. The Hall–Kier alpha value is -4.08. The number of pyridine rings is 1. The van der Waals surface area contributed by atoms with Crippen molar-refractivity contribution in [3.05, 3.63) is 120 Å². The molecule has 14 heteroatoms. The van der Waals surface area contributed by atoms with E-state index < -0.39 is 42.0 Å². The monoisotopic (exact) mass is 733 g/mol. The largest absolute Gasteiger partial charge is 0.573 e. The maximum absolute atomic E-state index is 13.9. The number of ether oxygens (including phenoxy) is 2. The summed E-state index contributed by atoms with van der Waals surface area (Å²) in [6.45, 7) is 0. The second kappa shape index (κ2) is 13.7. The van der Waals surface area contributed by atoms with Crippen molar-refractivity contribution in [3.8, 4) is 11.5 Å². The van der Waals surface area contributed by atoms with Crippen molar-refractivity contribution >= 4 is 34.3 Å². The molecular formula is C30H23F7IN3O3. The summed E-state index contributed by atoms with van der Waals surface area (Å²) in [6.07, 6.45) is -12.3. The third kappa shape index (κ3) is 8.51. The molecule has 1 aromatic heterocycles. The van der Waals surface area contributed by atoms with Crippen molar-refractivity contribution in [1.29, 1.82) is 0 Å². The van der Waals surface area contributed by atoms with E-state index in [4.69, 9.17) is 0 Å². The molecule has 6 nitrogen and oxygen atoms in total. The number of anilines is 1. The molecule has 4 rings (SSSR count). The van der Waals surface area contributed by atoms with E-state index in [-0.39, 0.29) is 23.4 Å². The molecule has 1 heterocycles. The van der Waals surface area contributed by atoms with Crippen LogP contribution in [0.3, 0.4) is 0 Å². The number of hydrogen-bond donors (Lipinski definition) is 2. The van der Waals surface area contributed by atoms with E-state index in [1.54, 1.807) is 48.7 Å². The Bertz CT molecular complexity index is 1560. The van der Waals surface area contributed by atoms with Crippen molar-refractivity contribution < 1.29 is 45.0 Å². The number of carbonyl (C=O) groups is 1. The molecule has 0 aliphatic heterocycles. The maximum atomic E-state index is 13.9. The Labute approximate surface area is 260 Å². The fraction of sp³-hybridized carbons (Fsp3) is 0.200. The fourth-order valence-electron chi connectivity index (χ4n) is 4.33. The molecule has 0 bridgehead atoms. The number of carbonyl (C=O) groups excluding carboxylic acids is 1. The van der Waals surface area contributed by atoms with Crippen molar-refractivity contribution in [2.75, 3.05) is 5.32 Å². The van der Waals surface area contributed by atoms with Gasteiger partial charge >= 0.3 is 24.9 Å². The molecule has 44 heavy (non-hydrogen) atoms. The van der Waals surface area contributed by atoms with Crippen molar-refractivity contribution in [2.24, 2.45) is 0 Å². The van der Waals surface area contributed by atoms with Crippen LogP contribution >= 0.6 is 22.6 Å². The minimum atomic E-state index is -4.96. The van der Waals surface area contributed by atoms with Crippen LogP contribution in [0, 0.1) is 0 Å². The third-order valence-corrected chi connectivity index (χ3v) is 7.10. The number of nitrogens with one attached hydrogen (secondary N) is 2. The summed E-state index contributed by atoms with van der Waals surface area (Å²) < 4.78 is 101. The van der Waals surface area contributed by atoms with E-state index in [2.05, 4.69) is 47.7 Å². The first-order valence-electron chi connectivity index (χ1n) is 12.8. The third-order valence-electron chi connectivity index (χ3n) is 6.22. The van der Waals surface area contributed by atoms with Crippen LogP contribution in [-0.4, -0.2) is 29.9 Å². The summed E-state index contributed by atoms with van der Waals surface area (Å²) in [6, 6.07) is 20.7. The molecule has 4 aromatic rings. The number of halogens is 8. The van der Waals surface area contributed by atoms with Crippen LogP contribution in [0.4, 0.5) is 41.2 Å². The first-order chi connectivity index (χ1) is 20.8. The fourth-order valence-corrected chi connectivity index (χ4v) is 4.78. The summed E-state index contributed by atoms with van der Waals surface area (Å²) in [4.78, 5) is 18.1. The van der Waals surface area contributed by atoms with Gasteiger partial charge in [-0.1, -0.05) is 77.2 Å². The number of nitrogens with zero attached hydrogens (tertiary/aromatic N) is 1. The molecule has 0 fully saturated rings. The molecule has 232 valence electrons. The van der Waals surface area contributed by atoms with Gasteiger partial charge in [-0.25, -0.2) is 4.79 Å². The quantitative estimate of drug-likeness (QED) is 0.0923. The van der Waals surface area contributed by atoms with Crippen molar-refractivity contribution in [1.82, 2.24) is 10.3 Å². The van der Waals surface area contributed by atoms with Crippen molar-refractivity contribution in [3.63, 3.8) is 0 Å². The van der Waals surface area contributed by atoms with Gasteiger partial charge in [0.2, 0.25) is 0 Å². The van der Waals surface area contributed by atoms with Gasteiger partial charge in [-0.15, -0.1) is 13.2 Å². The first-order valence-corrected chi connectivity index (χ1v) is 14.3. The van der Waals surface area contributed by atoms with Gasteiger partial charge in [0.15, 0.2) is 0 Å². The van der Waals surface area contributed by atoms with Crippen LogP contribution in [-0.2, 0) is 16.4 Å². The highest BCUT2D eigenvalue weighted by molar-refractivity contribution is 14.1. The lowest BCUT2D eigenvalue weighted by Gasteiger charge is -2.36. The number of benzene rings is 3. The lowest BCUT2D eigenvalue weighted by atomic mass is 9.80. The minimum absolute atomic E-state index is 0.0102. The van der Waals surface area contributed by atoms with Gasteiger partial charge in [-0.05, 0) is 47.0 Å². The SMILES string of the molecule is O=C(Nc1cccc(OC(F)(F)F)c1)N[C@@](Cc1ccccc1)(c1cccc(OC(F)(F)C(F)F)c1)c1ccc(CI)cn1. The summed E-state index contributed by atoms with van der Waals surface area (Å²) in [5, 5.41) is 5.27. The van der Waals surface area contributed by atoms with Gasteiger partial charge in [0.05, 0.1) is 5.69 Å². The van der Waals surface area contributed by atoms with E-state index in [0.29, 0.717) is 9.99 Å². The predicted molar refractivity (Wildman–Crippen MR) is 156 cm³/mol. The molecule has 0 unspecified atom stereocenters. The molecule has 0 aliphatic carbocycles. The van der Waals surface area contributed by atoms with E-state index in [1.165, 1.54) is 24.3 Å². The van der Waals surface area contributed by atoms with Crippen molar-refractivity contribution in [2.45, 2.75) is 35.3 Å². The Morgan fingerprint density at radius 2 is 1.50 bits per heavy atom. The molecule has 0 saturated heterocycles. The van der Waals surface area contributed by atoms with E-state index in [9.17, 15) is 35.5 Å². The van der Waals surface area contributed by atoms with Crippen LogP contribution in [0.1, 0.15) is 22.4 Å². The summed E-state index contributed by atoms with van der Waals surface area (Å²) in [5.41, 5.74) is 0.203. The number of urea groups is 1. The van der Waals surface area contributed by atoms with Gasteiger partial charge in [0.25, 0.3) is 0 Å². The normalized spacial score (nSPS) is 13.2. The molecular weight excluding hydrogens is 710 g/mol. The summed E-state index contributed by atoms with van der Waals surface area (Å²) >= 11 is 2.13. The predicted octanol–water partition coefficient (Wildman–Crippen LogP) is 8.46. The van der Waals surface area contributed by atoms with Crippen LogP contribution in [0.2, 0.25) is 0 Å². The minimum Gasteiger partial charge on any atom is -0.428 e. The Kier molecular flexibility index (Phi) is 10.2. The van der Waals surface area contributed by atoms with Gasteiger partial charge in [0, 0.05) is 28.8 Å². The Balaban J connectivity index is 1.81. The second-order valence-electron chi connectivity index (χ2n) is 9.40. The Morgan fingerprint density at radius 3 is 2.11 bits per heavy atom. The van der Waals surface area contributed by atoms with Crippen LogP contribution in [0.25, 0.3) is 0 Å². The summed E-state index contributed by atoms with van der Waals surface area (Å²) in [7, 11) is 0. The van der Waals surface area contributed by atoms with Gasteiger partial charge in [-0.3, -0.25) is 4.98 Å². The first kappa shape index (κ1) is 32.8. The molecule has 0 saturated carbocycles. The highest BCUT2D eigenvalue weighted by atomic mass is 127. The van der Waals surface area contributed by atoms with Crippen LogP contribution < -0.4 is 20.1 Å². The van der Waals surface area contributed by atoms with Crippen LogP contribution in [0.15, 0.2) is 97.2 Å². The van der Waals surface area contributed by atoms with E-state index in [1.807, 2.05) is 0 Å². The molecule has 0 radical (unpaired) electrons. The average Bonchev–Trinajstić information content (AvgIpc) is 2.96. The molecule has 2 N–H and O–H groups in total. The number of amides is 2. The Morgan fingerprint density at radius 1 is 0.818 bits per heavy atom. The number of hydrogen-bond acceptors (Lipinski definition) is 4. The van der Waals surface area contributed by atoms with Crippen LogP contribution in [0.5, 0.6) is 11.5 Å². The topological polar surface area (TPSA) is 72.5 Å². The second-order valence-corrected chi connectivity index (χ2v) is 10.2. The summed E-state index contributed by atoms with van der Waals surface area (Å²) in [5.74, 6) is -1.18.